The summed E-state index contributed by atoms with van der Waals surface area (Å²) in [5.74, 6) is 1.17. The standard InChI is InChI=1S/C17H14ClF3O3/c1-10-9-12(17(19,20)21)3-8-15(10)24-14-6-4-13(5-7-14)23-11(2)16(18)22/h3-9,11H,1-2H3. The molecule has 0 saturated carbocycles. The zero-order valence-electron chi connectivity index (χ0n) is 12.9. The number of carbonyl (C=O) groups is 1. The van der Waals surface area contributed by atoms with E-state index < -0.39 is 23.1 Å². The van der Waals surface area contributed by atoms with E-state index >= 15 is 0 Å². The fourth-order valence-corrected chi connectivity index (χ4v) is 1.95. The molecule has 0 radical (unpaired) electrons. The van der Waals surface area contributed by atoms with Crippen molar-refractivity contribution in [1.29, 1.82) is 0 Å². The van der Waals surface area contributed by atoms with Crippen LogP contribution in [0.3, 0.4) is 0 Å². The summed E-state index contributed by atoms with van der Waals surface area (Å²) in [5, 5.41) is -0.615. The first-order valence-electron chi connectivity index (χ1n) is 6.98. The van der Waals surface area contributed by atoms with Gasteiger partial charge in [0.05, 0.1) is 5.56 Å². The number of carbonyl (C=O) groups excluding carboxylic acids is 1. The fourth-order valence-electron chi connectivity index (χ4n) is 1.90. The molecule has 0 aliphatic carbocycles. The van der Waals surface area contributed by atoms with Crippen LogP contribution in [-0.4, -0.2) is 11.3 Å². The van der Waals surface area contributed by atoms with Crippen molar-refractivity contribution in [2.45, 2.75) is 26.1 Å². The van der Waals surface area contributed by atoms with Crippen molar-refractivity contribution in [2.24, 2.45) is 0 Å². The summed E-state index contributed by atoms with van der Waals surface area (Å²) < 4.78 is 48.8. The SMILES string of the molecule is Cc1cc(C(F)(F)F)ccc1Oc1ccc(OC(C)C(=O)Cl)cc1. The Labute approximate surface area is 142 Å². The lowest BCUT2D eigenvalue weighted by molar-refractivity contribution is -0.137. The van der Waals surface area contributed by atoms with Crippen molar-refractivity contribution in [3.63, 3.8) is 0 Å². The average molecular weight is 359 g/mol. The molecule has 2 rings (SSSR count). The van der Waals surface area contributed by atoms with Crippen LogP contribution in [0.25, 0.3) is 0 Å². The molecule has 2 aromatic rings. The third-order valence-corrected chi connectivity index (χ3v) is 3.49. The molecule has 0 N–H and O–H groups in total. The molecule has 3 nitrogen and oxygen atoms in total. The number of halogens is 4. The second-order valence-corrected chi connectivity index (χ2v) is 5.49. The van der Waals surface area contributed by atoms with Crippen molar-refractivity contribution < 1.29 is 27.4 Å². The summed E-state index contributed by atoms with van der Waals surface area (Å²) in [5.41, 5.74) is -0.359. The quantitative estimate of drug-likeness (QED) is 0.677. The van der Waals surface area contributed by atoms with Gasteiger partial charge in [0.1, 0.15) is 17.2 Å². The normalized spacial score (nSPS) is 12.6. The molecule has 7 heteroatoms. The number of hydrogen-bond donors (Lipinski definition) is 0. The number of alkyl halides is 3. The third kappa shape index (κ3) is 4.64. The van der Waals surface area contributed by atoms with Gasteiger partial charge in [-0.15, -0.1) is 0 Å². The lowest BCUT2D eigenvalue weighted by Crippen LogP contribution is -2.18. The van der Waals surface area contributed by atoms with Crippen LogP contribution >= 0.6 is 11.6 Å². The van der Waals surface area contributed by atoms with E-state index in [-0.39, 0.29) is 0 Å². The van der Waals surface area contributed by atoms with Crippen LogP contribution in [0.2, 0.25) is 0 Å². The minimum absolute atomic E-state index is 0.320. The molecule has 1 unspecified atom stereocenters. The first-order valence-corrected chi connectivity index (χ1v) is 7.36. The maximum atomic E-state index is 12.6. The number of benzene rings is 2. The molecule has 0 aromatic heterocycles. The molecule has 2 aromatic carbocycles. The molecule has 0 heterocycles. The third-order valence-electron chi connectivity index (χ3n) is 3.19. The van der Waals surface area contributed by atoms with Crippen molar-refractivity contribution in [3.8, 4) is 17.2 Å². The number of rotatable bonds is 5. The van der Waals surface area contributed by atoms with Crippen LogP contribution in [0.1, 0.15) is 18.1 Å². The van der Waals surface area contributed by atoms with Crippen LogP contribution < -0.4 is 9.47 Å². The zero-order valence-corrected chi connectivity index (χ0v) is 13.6. The van der Waals surface area contributed by atoms with Gasteiger partial charge >= 0.3 is 6.18 Å². The minimum Gasteiger partial charge on any atom is -0.482 e. The molecule has 128 valence electrons. The highest BCUT2D eigenvalue weighted by Gasteiger charge is 2.30. The summed E-state index contributed by atoms with van der Waals surface area (Å²) in [6.07, 6.45) is -5.17. The van der Waals surface area contributed by atoms with Gasteiger partial charge in [-0.25, -0.2) is 0 Å². The summed E-state index contributed by atoms with van der Waals surface area (Å²) >= 11 is 5.31. The summed E-state index contributed by atoms with van der Waals surface area (Å²) in [6, 6.07) is 9.58. The topological polar surface area (TPSA) is 35.5 Å². The minimum atomic E-state index is -4.39. The van der Waals surface area contributed by atoms with Crippen molar-refractivity contribution in [3.05, 3.63) is 53.6 Å². The molecule has 0 bridgehead atoms. The molecular formula is C17H14ClF3O3. The Hall–Kier alpha value is -2.21. The maximum absolute atomic E-state index is 12.6. The average Bonchev–Trinajstić information content (AvgIpc) is 2.50. The number of ether oxygens (including phenoxy) is 2. The van der Waals surface area contributed by atoms with Crippen LogP contribution in [0, 0.1) is 6.92 Å². The van der Waals surface area contributed by atoms with Gasteiger partial charge in [0.25, 0.3) is 5.24 Å². The highest BCUT2D eigenvalue weighted by molar-refractivity contribution is 6.64. The predicted octanol–water partition coefficient (Wildman–Crippen LogP) is 5.34. The number of aryl methyl sites for hydroxylation is 1. The molecule has 0 saturated heterocycles. The van der Waals surface area contributed by atoms with Crippen molar-refractivity contribution in [1.82, 2.24) is 0 Å². The van der Waals surface area contributed by atoms with E-state index in [1.54, 1.807) is 24.3 Å². The molecule has 0 spiro atoms. The summed E-state index contributed by atoms with van der Waals surface area (Å²) in [7, 11) is 0. The lowest BCUT2D eigenvalue weighted by atomic mass is 10.1. The molecular weight excluding hydrogens is 345 g/mol. The predicted molar refractivity (Wildman–Crippen MR) is 83.6 cm³/mol. The van der Waals surface area contributed by atoms with Gasteiger partial charge in [0, 0.05) is 0 Å². The van der Waals surface area contributed by atoms with Gasteiger partial charge in [-0.05, 0) is 73.5 Å². The van der Waals surface area contributed by atoms with Crippen molar-refractivity contribution in [2.75, 3.05) is 0 Å². The lowest BCUT2D eigenvalue weighted by Gasteiger charge is -2.13. The largest absolute Gasteiger partial charge is 0.482 e. The molecule has 0 aliphatic rings. The Bertz CT molecular complexity index is 727. The van der Waals surface area contributed by atoms with E-state index in [1.807, 2.05) is 0 Å². The highest BCUT2D eigenvalue weighted by atomic mass is 35.5. The van der Waals surface area contributed by atoms with Gasteiger partial charge in [-0.1, -0.05) is 0 Å². The van der Waals surface area contributed by atoms with E-state index in [1.165, 1.54) is 19.9 Å². The molecule has 0 amide bonds. The Morgan fingerprint density at radius 2 is 1.67 bits per heavy atom. The van der Waals surface area contributed by atoms with Crippen LogP contribution in [0.5, 0.6) is 17.2 Å². The Kier molecular flexibility index (Phi) is 5.39. The fraction of sp³-hybridized carbons (Fsp3) is 0.235. The van der Waals surface area contributed by atoms with Crippen LogP contribution in [-0.2, 0) is 11.0 Å². The monoisotopic (exact) mass is 358 g/mol. The second kappa shape index (κ2) is 7.13. The van der Waals surface area contributed by atoms with Gasteiger partial charge in [-0.2, -0.15) is 13.2 Å². The van der Waals surface area contributed by atoms with E-state index in [4.69, 9.17) is 21.1 Å². The summed E-state index contributed by atoms with van der Waals surface area (Å²) in [6.45, 7) is 3.06. The van der Waals surface area contributed by atoms with Gasteiger partial charge in [0.2, 0.25) is 0 Å². The van der Waals surface area contributed by atoms with Gasteiger partial charge in [-0.3, -0.25) is 4.79 Å². The molecule has 0 aliphatic heterocycles. The Morgan fingerprint density at radius 1 is 1.08 bits per heavy atom. The van der Waals surface area contributed by atoms with E-state index in [9.17, 15) is 18.0 Å². The summed E-state index contributed by atoms with van der Waals surface area (Å²) in [4.78, 5) is 10.9. The van der Waals surface area contributed by atoms with E-state index in [2.05, 4.69) is 0 Å². The Balaban J connectivity index is 2.10. The molecule has 1 atom stereocenters. The smallest absolute Gasteiger partial charge is 0.416 e. The molecule has 24 heavy (non-hydrogen) atoms. The highest BCUT2D eigenvalue weighted by Crippen LogP contribution is 2.34. The van der Waals surface area contributed by atoms with E-state index in [0.29, 0.717) is 22.8 Å². The van der Waals surface area contributed by atoms with Gasteiger partial charge in [0.15, 0.2) is 6.10 Å². The first kappa shape index (κ1) is 18.1. The van der Waals surface area contributed by atoms with E-state index in [0.717, 1.165) is 12.1 Å². The van der Waals surface area contributed by atoms with Crippen molar-refractivity contribution >= 4 is 16.8 Å². The van der Waals surface area contributed by atoms with Crippen LogP contribution in [0.15, 0.2) is 42.5 Å². The van der Waals surface area contributed by atoms with Gasteiger partial charge < -0.3 is 9.47 Å². The number of hydrogen-bond acceptors (Lipinski definition) is 3. The van der Waals surface area contributed by atoms with Crippen LogP contribution in [0.4, 0.5) is 13.2 Å². The first-order chi connectivity index (χ1) is 11.2. The zero-order chi connectivity index (χ0) is 17.9. The molecule has 0 fully saturated rings. The second-order valence-electron chi connectivity index (χ2n) is 5.12. The Morgan fingerprint density at radius 3 is 2.17 bits per heavy atom. The maximum Gasteiger partial charge on any atom is 0.416 e.